The highest BCUT2D eigenvalue weighted by Gasteiger charge is 2.47. The molecule has 1 aliphatic carbocycles. The average molecular weight is 192 g/mol. The molecule has 0 spiro atoms. The van der Waals surface area contributed by atoms with Crippen LogP contribution in [0, 0.1) is 13.8 Å². The van der Waals surface area contributed by atoms with E-state index in [0.29, 0.717) is 0 Å². The van der Waals surface area contributed by atoms with E-state index in [4.69, 9.17) is 0 Å². The molecule has 1 aromatic rings. The summed E-state index contributed by atoms with van der Waals surface area (Å²) < 4.78 is 1.98. The summed E-state index contributed by atoms with van der Waals surface area (Å²) >= 11 is 0. The van der Waals surface area contributed by atoms with Crippen LogP contribution in [0.15, 0.2) is 0 Å². The number of aromatic nitrogens is 2. The zero-order chi connectivity index (χ0) is 10.3. The highest BCUT2D eigenvalue weighted by atomic mass is 16.1. The van der Waals surface area contributed by atoms with Crippen LogP contribution in [-0.2, 0) is 16.8 Å². The van der Waals surface area contributed by atoms with Gasteiger partial charge in [0, 0.05) is 17.8 Å². The lowest BCUT2D eigenvalue weighted by Crippen LogP contribution is -2.11. The molecule has 0 aromatic carbocycles. The molecule has 2 rings (SSSR count). The Hall–Kier alpha value is -1.12. The standard InChI is InChI=1S/C11H16N2O/c1-4-13-9(3)10(8(2)12-13)11(7-14)5-6-11/h7H,4-6H2,1-3H3. The van der Waals surface area contributed by atoms with Crippen LogP contribution in [0.3, 0.4) is 0 Å². The van der Waals surface area contributed by atoms with E-state index >= 15 is 0 Å². The van der Waals surface area contributed by atoms with Crippen LogP contribution in [0.2, 0.25) is 0 Å². The monoisotopic (exact) mass is 192 g/mol. The zero-order valence-corrected chi connectivity index (χ0v) is 9.00. The Morgan fingerprint density at radius 1 is 1.50 bits per heavy atom. The molecular weight excluding hydrogens is 176 g/mol. The molecule has 1 saturated carbocycles. The predicted molar refractivity (Wildman–Crippen MR) is 54.4 cm³/mol. The van der Waals surface area contributed by atoms with E-state index in [1.165, 1.54) is 5.56 Å². The van der Waals surface area contributed by atoms with Gasteiger partial charge in [0.25, 0.3) is 0 Å². The Morgan fingerprint density at radius 2 is 2.14 bits per heavy atom. The molecule has 0 unspecified atom stereocenters. The molecular formula is C11H16N2O. The maximum absolute atomic E-state index is 11.1. The largest absolute Gasteiger partial charge is 0.302 e. The van der Waals surface area contributed by atoms with Gasteiger partial charge in [-0.25, -0.2) is 0 Å². The van der Waals surface area contributed by atoms with Crippen LogP contribution in [0.4, 0.5) is 0 Å². The lowest BCUT2D eigenvalue weighted by molar-refractivity contribution is -0.109. The predicted octanol–water partition coefficient (Wildman–Crippen LogP) is 1.75. The summed E-state index contributed by atoms with van der Waals surface area (Å²) in [5.74, 6) is 0. The molecule has 14 heavy (non-hydrogen) atoms. The van der Waals surface area contributed by atoms with Crippen LogP contribution in [0.25, 0.3) is 0 Å². The van der Waals surface area contributed by atoms with Crippen molar-refractivity contribution in [2.24, 2.45) is 0 Å². The van der Waals surface area contributed by atoms with Crippen molar-refractivity contribution in [3.8, 4) is 0 Å². The lowest BCUT2D eigenvalue weighted by atomic mass is 9.96. The van der Waals surface area contributed by atoms with E-state index in [-0.39, 0.29) is 5.41 Å². The third-order valence-corrected chi connectivity index (χ3v) is 3.19. The van der Waals surface area contributed by atoms with Crippen molar-refractivity contribution in [2.45, 2.75) is 45.6 Å². The quantitative estimate of drug-likeness (QED) is 0.684. The highest BCUT2D eigenvalue weighted by Crippen LogP contribution is 2.48. The summed E-state index contributed by atoms with van der Waals surface area (Å²) in [6.07, 6.45) is 3.09. The van der Waals surface area contributed by atoms with Crippen molar-refractivity contribution in [3.63, 3.8) is 0 Å². The van der Waals surface area contributed by atoms with Crippen molar-refractivity contribution >= 4 is 6.29 Å². The molecule has 0 bridgehead atoms. The smallest absolute Gasteiger partial charge is 0.130 e. The van der Waals surface area contributed by atoms with Crippen LogP contribution < -0.4 is 0 Å². The van der Waals surface area contributed by atoms with Gasteiger partial charge in [-0.05, 0) is 33.6 Å². The first kappa shape index (κ1) is 9.44. The average Bonchev–Trinajstić information content (AvgIpc) is 2.90. The van der Waals surface area contributed by atoms with Gasteiger partial charge in [-0.15, -0.1) is 0 Å². The van der Waals surface area contributed by atoms with Crippen LogP contribution in [-0.4, -0.2) is 16.1 Å². The summed E-state index contributed by atoms with van der Waals surface area (Å²) in [4.78, 5) is 11.1. The second-order valence-corrected chi connectivity index (χ2v) is 4.14. The third kappa shape index (κ3) is 1.11. The van der Waals surface area contributed by atoms with E-state index in [2.05, 4.69) is 18.9 Å². The minimum absolute atomic E-state index is 0.179. The highest BCUT2D eigenvalue weighted by molar-refractivity contribution is 5.74. The summed E-state index contributed by atoms with van der Waals surface area (Å²) in [6.45, 7) is 7.01. The molecule has 1 aromatic heterocycles. The maximum atomic E-state index is 11.1. The van der Waals surface area contributed by atoms with Crippen molar-refractivity contribution in [1.29, 1.82) is 0 Å². The molecule has 1 heterocycles. The number of hydrogen-bond acceptors (Lipinski definition) is 2. The molecule has 0 aliphatic heterocycles. The van der Waals surface area contributed by atoms with Gasteiger partial charge in [-0.1, -0.05) is 0 Å². The van der Waals surface area contributed by atoms with Crippen LogP contribution >= 0.6 is 0 Å². The summed E-state index contributed by atoms with van der Waals surface area (Å²) in [7, 11) is 0. The van der Waals surface area contributed by atoms with Gasteiger partial charge in [0.15, 0.2) is 0 Å². The molecule has 0 N–H and O–H groups in total. The third-order valence-electron chi connectivity index (χ3n) is 3.19. The fourth-order valence-electron chi connectivity index (χ4n) is 2.29. The Bertz CT molecular complexity index is 375. The minimum atomic E-state index is -0.179. The lowest BCUT2D eigenvalue weighted by Gasteiger charge is -2.07. The Kier molecular flexibility index (Phi) is 1.98. The molecule has 3 nitrogen and oxygen atoms in total. The number of aryl methyl sites for hydroxylation is 2. The normalized spacial score (nSPS) is 18.2. The second kappa shape index (κ2) is 2.94. The number of nitrogens with zero attached hydrogens (tertiary/aromatic N) is 2. The van der Waals surface area contributed by atoms with Crippen molar-refractivity contribution in [1.82, 2.24) is 9.78 Å². The van der Waals surface area contributed by atoms with Crippen LogP contribution in [0.1, 0.15) is 36.7 Å². The molecule has 0 radical (unpaired) electrons. The number of hydrogen-bond donors (Lipinski definition) is 0. The number of aldehydes is 1. The SMILES string of the molecule is CCn1nc(C)c(C2(C=O)CC2)c1C. The Balaban J connectivity index is 2.52. The fourth-order valence-corrected chi connectivity index (χ4v) is 2.29. The number of carbonyl (C=O) groups is 1. The van der Waals surface area contributed by atoms with Gasteiger partial charge >= 0.3 is 0 Å². The fraction of sp³-hybridized carbons (Fsp3) is 0.636. The zero-order valence-electron chi connectivity index (χ0n) is 9.00. The number of rotatable bonds is 3. The molecule has 1 aliphatic rings. The van der Waals surface area contributed by atoms with E-state index in [9.17, 15) is 4.79 Å². The van der Waals surface area contributed by atoms with E-state index < -0.39 is 0 Å². The van der Waals surface area contributed by atoms with Crippen molar-refractivity contribution < 1.29 is 4.79 Å². The first-order valence-electron chi connectivity index (χ1n) is 5.15. The minimum Gasteiger partial charge on any atom is -0.302 e. The van der Waals surface area contributed by atoms with Gasteiger partial charge in [-0.3, -0.25) is 4.68 Å². The maximum Gasteiger partial charge on any atom is 0.130 e. The van der Waals surface area contributed by atoms with Crippen LogP contribution in [0.5, 0.6) is 0 Å². The number of carbonyl (C=O) groups excluding carboxylic acids is 1. The van der Waals surface area contributed by atoms with Crippen molar-refractivity contribution in [2.75, 3.05) is 0 Å². The molecule has 0 saturated heterocycles. The summed E-state index contributed by atoms with van der Waals surface area (Å²) in [5.41, 5.74) is 3.18. The molecule has 0 atom stereocenters. The van der Waals surface area contributed by atoms with Gasteiger partial charge < -0.3 is 4.79 Å². The topological polar surface area (TPSA) is 34.9 Å². The molecule has 3 heteroatoms. The van der Waals surface area contributed by atoms with Gasteiger partial charge in [-0.2, -0.15) is 5.10 Å². The Morgan fingerprint density at radius 3 is 2.50 bits per heavy atom. The summed E-state index contributed by atoms with van der Waals surface area (Å²) in [6, 6.07) is 0. The summed E-state index contributed by atoms with van der Waals surface area (Å²) in [5, 5.41) is 4.44. The molecule has 76 valence electrons. The van der Waals surface area contributed by atoms with E-state index in [1.807, 2.05) is 11.6 Å². The molecule has 0 amide bonds. The second-order valence-electron chi connectivity index (χ2n) is 4.14. The van der Waals surface area contributed by atoms with Gasteiger partial charge in [0.2, 0.25) is 0 Å². The van der Waals surface area contributed by atoms with E-state index in [0.717, 1.165) is 37.1 Å². The molecule has 1 fully saturated rings. The van der Waals surface area contributed by atoms with Crippen molar-refractivity contribution in [3.05, 3.63) is 17.0 Å². The van der Waals surface area contributed by atoms with Gasteiger partial charge in [0.1, 0.15) is 6.29 Å². The van der Waals surface area contributed by atoms with Gasteiger partial charge in [0.05, 0.1) is 11.1 Å². The first-order chi connectivity index (χ1) is 6.64. The first-order valence-corrected chi connectivity index (χ1v) is 5.15. The van der Waals surface area contributed by atoms with E-state index in [1.54, 1.807) is 0 Å². The Labute approximate surface area is 84.1 Å².